The minimum Gasteiger partial charge on any atom is -0.481 e. The van der Waals surface area contributed by atoms with Crippen LogP contribution in [0.2, 0.25) is 0 Å². The van der Waals surface area contributed by atoms with Gasteiger partial charge in [0.1, 0.15) is 12.6 Å². The van der Waals surface area contributed by atoms with Gasteiger partial charge in [0.05, 0.1) is 27.6 Å². The molecule has 5 heteroatoms. The minimum atomic E-state index is -0.953. The van der Waals surface area contributed by atoms with Gasteiger partial charge in [-0.05, 0) is 0 Å². The van der Waals surface area contributed by atoms with Gasteiger partial charge in [-0.2, -0.15) is 0 Å². The number of aliphatic hydroxyl groups excluding tert-OH is 1. The summed E-state index contributed by atoms with van der Waals surface area (Å²) in [6.07, 6.45) is -0.914. The van der Waals surface area contributed by atoms with Crippen LogP contribution in [0.15, 0.2) is 0 Å². The van der Waals surface area contributed by atoms with Gasteiger partial charge in [0, 0.05) is 0 Å². The Morgan fingerprint density at radius 1 is 1.42 bits per heavy atom. The number of halogens is 1. The first-order valence-corrected chi connectivity index (χ1v) is 3.51. The molecule has 0 rings (SSSR count). The van der Waals surface area contributed by atoms with Crippen molar-refractivity contribution in [3.8, 4) is 0 Å². The minimum absolute atomic E-state index is 0. The van der Waals surface area contributed by atoms with Crippen molar-refractivity contribution < 1.29 is 19.5 Å². The largest absolute Gasteiger partial charge is 0.481 e. The number of likely N-dealkylation sites (N-methyl/N-ethyl adjacent to an activating group) is 1. The van der Waals surface area contributed by atoms with Crippen LogP contribution >= 0.6 is 12.4 Å². The van der Waals surface area contributed by atoms with Gasteiger partial charge in [-0.1, -0.05) is 0 Å². The summed E-state index contributed by atoms with van der Waals surface area (Å²) in [7, 11) is 5.72. The number of rotatable bonds is 4. The van der Waals surface area contributed by atoms with Gasteiger partial charge >= 0.3 is 5.97 Å². The van der Waals surface area contributed by atoms with Gasteiger partial charge in [0.15, 0.2) is 0 Å². The second-order valence-electron chi connectivity index (χ2n) is 3.72. The highest BCUT2D eigenvalue weighted by Crippen LogP contribution is 1.98. The molecule has 0 saturated heterocycles. The lowest BCUT2D eigenvalue weighted by Gasteiger charge is -2.25. The maximum Gasteiger partial charge on any atom is 0.306 e. The van der Waals surface area contributed by atoms with Crippen molar-refractivity contribution in [2.24, 2.45) is 0 Å². The molecule has 1 atom stereocenters. The third-order valence-corrected chi connectivity index (χ3v) is 1.17. The predicted octanol–water partition coefficient (Wildman–Crippen LogP) is -0.0500. The van der Waals surface area contributed by atoms with Crippen LogP contribution in [0.1, 0.15) is 6.42 Å². The standard InChI is InChI=1S/C7H15NO3.ClH/c1-8(2,3)5-6(9)4-7(10)11;/h6,9H,4-5H2,1-3H3;1H/p+1/t6-;/m0./s1. The molecule has 0 fully saturated rings. The molecule has 2 N–H and O–H groups in total. The van der Waals surface area contributed by atoms with E-state index in [1.54, 1.807) is 0 Å². The second-order valence-corrected chi connectivity index (χ2v) is 3.72. The number of nitrogens with zero attached hydrogens (tertiary/aromatic N) is 1. The monoisotopic (exact) mass is 198 g/mol. The molecule has 0 saturated carbocycles. The Balaban J connectivity index is 0. The van der Waals surface area contributed by atoms with E-state index in [0.717, 1.165) is 0 Å². The van der Waals surface area contributed by atoms with Crippen LogP contribution < -0.4 is 0 Å². The summed E-state index contributed by atoms with van der Waals surface area (Å²) in [6, 6.07) is 0. The van der Waals surface area contributed by atoms with Crippen molar-refractivity contribution in [2.75, 3.05) is 27.7 Å². The van der Waals surface area contributed by atoms with Crippen LogP contribution in [0.4, 0.5) is 0 Å². The van der Waals surface area contributed by atoms with E-state index in [-0.39, 0.29) is 18.8 Å². The van der Waals surface area contributed by atoms with Crippen molar-refractivity contribution in [3.05, 3.63) is 0 Å². The van der Waals surface area contributed by atoms with Crippen LogP contribution in [0.25, 0.3) is 0 Å². The molecule has 0 aromatic heterocycles. The topological polar surface area (TPSA) is 57.5 Å². The number of quaternary nitrogens is 1. The molecule has 12 heavy (non-hydrogen) atoms. The Kier molecular flexibility index (Phi) is 6.34. The molecule has 0 unspecified atom stereocenters. The van der Waals surface area contributed by atoms with E-state index < -0.39 is 12.1 Å². The zero-order valence-electron chi connectivity index (χ0n) is 7.65. The molecule has 0 radical (unpaired) electrons. The molecule has 4 nitrogen and oxygen atoms in total. The fourth-order valence-electron chi connectivity index (χ4n) is 0.898. The summed E-state index contributed by atoms with van der Waals surface area (Å²) in [4.78, 5) is 10.1. The fraction of sp³-hybridized carbons (Fsp3) is 0.857. The number of aliphatic hydroxyl groups is 1. The SMILES string of the molecule is C[N+](C)(C)C[C@@H](O)CC(=O)O.Cl. The third kappa shape index (κ3) is 9.68. The number of hydrogen-bond acceptors (Lipinski definition) is 2. The van der Waals surface area contributed by atoms with Crippen molar-refractivity contribution in [1.29, 1.82) is 0 Å². The second kappa shape index (κ2) is 5.35. The molecule has 0 bridgehead atoms. The Hall–Kier alpha value is -0.320. The lowest BCUT2D eigenvalue weighted by Crippen LogP contribution is -2.42. The molecule has 0 amide bonds. The molecule has 0 aliphatic rings. The molecule has 0 spiro atoms. The van der Waals surface area contributed by atoms with Crippen molar-refractivity contribution in [1.82, 2.24) is 0 Å². The lowest BCUT2D eigenvalue weighted by atomic mass is 10.2. The summed E-state index contributed by atoms with van der Waals surface area (Å²) in [6.45, 7) is 0.465. The van der Waals surface area contributed by atoms with Crippen molar-refractivity contribution in [3.63, 3.8) is 0 Å². The van der Waals surface area contributed by atoms with Crippen molar-refractivity contribution >= 4 is 18.4 Å². The molecular formula is C7H17ClNO3+. The summed E-state index contributed by atoms with van der Waals surface area (Å²) in [5.41, 5.74) is 0. The summed E-state index contributed by atoms with van der Waals surface area (Å²) in [5.74, 6) is -0.953. The molecule has 0 aromatic carbocycles. The van der Waals surface area contributed by atoms with Crippen LogP contribution in [0.3, 0.4) is 0 Å². The maximum absolute atomic E-state index is 10.1. The molecule has 0 heterocycles. The number of hydrogen-bond donors (Lipinski definition) is 2. The van der Waals surface area contributed by atoms with Gasteiger partial charge < -0.3 is 14.7 Å². The number of aliphatic carboxylic acids is 1. The van der Waals surface area contributed by atoms with E-state index in [4.69, 9.17) is 10.2 Å². The normalized spacial score (nSPS) is 13.3. The maximum atomic E-state index is 10.1. The van der Waals surface area contributed by atoms with E-state index in [0.29, 0.717) is 11.0 Å². The summed E-state index contributed by atoms with van der Waals surface area (Å²) in [5, 5.41) is 17.5. The van der Waals surface area contributed by atoms with Gasteiger partial charge in [0.2, 0.25) is 0 Å². The van der Waals surface area contributed by atoms with Crippen LogP contribution in [-0.4, -0.2) is 54.5 Å². The quantitative estimate of drug-likeness (QED) is 0.623. The Labute approximate surface area is 78.8 Å². The van der Waals surface area contributed by atoms with E-state index in [1.165, 1.54) is 0 Å². The van der Waals surface area contributed by atoms with E-state index >= 15 is 0 Å². The van der Waals surface area contributed by atoms with Gasteiger partial charge in [0.25, 0.3) is 0 Å². The van der Waals surface area contributed by atoms with Gasteiger partial charge in [-0.25, -0.2) is 0 Å². The number of carbonyl (C=O) groups is 1. The Morgan fingerprint density at radius 2 is 1.83 bits per heavy atom. The average Bonchev–Trinajstić information content (AvgIpc) is 1.53. The molecule has 0 aliphatic heterocycles. The highest BCUT2D eigenvalue weighted by Gasteiger charge is 2.17. The zero-order valence-corrected chi connectivity index (χ0v) is 8.47. The molecule has 0 aliphatic carbocycles. The lowest BCUT2D eigenvalue weighted by molar-refractivity contribution is -0.873. The highest BCUT2D eigenvalue weighted by molar-refractivity contribution is 5.85. The van der Waals surface area contributed by atoms with E-state index in [1.807, 2.05) is 21.1 Å². The van der Waals surface area contributed by atoms with Gasteiger partial charge in [-0.3, -0.25) is 4.79 Å². The fourth-order valence-corrected chi connectivity index (χ4v) is 0.898. The van der Waals surface area contributed by atoms with E-state index in [2.05, 4.69) is 0 Å². The highest BCUT2D eigenvalue weighted by atomic mass is 35.5. The van der Waals surface area contributed by atoms with Crippen molar-refractivity contribution in [2.45, 2.75) is 12.5 Å². The third-order valence-electron chi connectivity index (χ3n) is 1.17. The summed E-state index contributed by atoms with van der Waals surface area (Å²) < 4.78 is 0.578. The Morgan fingerprint density at radius 3 is 2.08 bits per heavy atom. The first-order chi connectivity index (χ1) is 4.81. The number of carboxylic acids is 1. The predicted molar refractivity (Wildman–Crippen MR) is 48.4 cm³/mol. The summed E-state index contributed by atoms with van der Waals surface area (Å²) >= 11 is 0. The van der Waals surface area contributed by atoms with Crippen LogP contribution in [-0.2, 0) is 4.79 Å². The van der Waals surface area contributed by atoms with E-state index in [9.17, 15) is 4.79 Å². The van der Waals surface area contributed by atoms with Crippen LogP contribution in [0, 0.1) is 0 Å². The molecule has 0 aromatic rings. The average molecular weight is 199 g/mol. The first kappa shape index (κ1) is 14.2. The Bertz CT molecular complexity index is 144. The zero-order chi connectivity index (χ0) is 9.07. The van der Waals surface area contributed by atoms with Crippen LogP contribution in [0.5, 0.6) is 0 Å². The first-order valence-electron chi connectivity index (χ1n) is 3.51. The number of carboxylic acid groups (broad SMARTS) is 1. The molecular weight excluding hydrogens is 182 g/mol. The molecule has 74 valence electrons. The van der Waals surface area contributed by atoms with Gasteiger partial charge in [-0.15, -0.1) is 12.4 Å². The smallest absolute Gasteiger partial charge is 0.306 e.